The molecular weight excluding hydrogens is 212 g/mol. The van der Waals surface area contributed by atoms with Crippen LogP contribution < -0.4 is 10.6 Å². The van der Waals surface area contributed by atoms with Crippen molar-refractivity contribution >= 4 is 17.8 Å². The van der Waals surface area contributed by atoms with Crippen LogP contribution in [0, 0.1) is 11.3 Å². The van der Waals surface area contributed by atoms with E-state index in [1.54, 1.807) is 13.8 Å². The SMILES string of the molecule is C=C(O)CC1(C(C)C)C(=O)NC(=O)NC1=O. The Morgan fingerprint density at radius 3 is 2.06 bits per heavy atom. The van der Waals surface area contributed by atoms with Crippen LogP contribution in [-0.4, -0.2) is 23.0 Å². The second-order valence-corrected chi connectivity index (χ2v) is 4.11. The van der Waals surface area contributed by atoms with E-state index >= 15 is 0 Å². The lowest BCUT2D eigenvalue weighted by Crippen LogP contribution is -2.64. The smallest absolute Gasteiger partial charge is 0.328 e. The van der Waals surface area contributed by atoms with Gasteiger partial charge in [-0.15, -0.1) is 0 Å². The second kappa shape index (κ2) is 3.96. The largest absolute Gasteiger partial charge is 0.513 e. The highest BCUT2D eigenvalue weighted by Crippen LogP contribution is 2.35. The first-order valence-electron chi connectivity index (χ1n) is 4.84. The van der Waals surface area contributed by atoms with Crippen molar-refractivity contribution in [1.82, 2.24) is 10.6 Å². The van der Waals surface area contributed by atoms with E-state index in [4.69, 9.17) is 0 Å². The van der Waals surface area contributed by atoms with Gasteiger partial charge in [0, 0.05) is 6.42 Å². The van der Waals surface area contributed by atoms with E-state index in [0.29, 0.717) is 0 Å². The van der Waals surface area contributed by atoms with E-state index in [1.807, 2.05) is 10.6 Å². The van der Waals surface area contributed by atoms with Crippen LogP contribution >= 0.6 is 0 Å². The Labute approximate surface area is 92.7 Å². The standard InChI is InChI=1S/C10H14N2O4/c1-5(2)10(4-6(3)13)7(14)11-9(16)12-8(10)15/h5,13H,3-4H2,1-2H3,(H2,11,12,14,15,16). The Morgan fingerprint density at radius 1 is 1.31 bits per heavy atom. The first-order chi connectivity index (χ1) is 7.30. The summed E-state index contributed by atoms with van der Waals surface area (Å²) in [5.74, 6) is -2.05. The molecule has 1 heterocycles. The van der Waals surface area contributed by atoms with E-state index in [-0.39, 0.29) is 18.1 Å². The third-order valence-corrected chi connectivity index (χ3v) is 2.73. The molecule has 0 unspecified atom stereocenters. The summed E-state index contributed by atoms with van der Waals surface area (Å²) < 4.78 is 0. The summed E-state index contributed by atoms with van der Waals surface area (Å²) >= 11 is 0. The molecule has 0 aliphatic carbocycles. The number of hydrogen-bond donors (Lipinski definition) is 3. The van der Waals surface area contributed by atoms with Crippen LogP contribution in [0.4, 0.5) is 4.79 Å². The Hall–Kier alpha value is -1.85. The number of amides is 4. The van der Waals surface area contributed by atoms with Gasteiger partial charge in [-0.1, -0.05) is 20.4 Å². The van der Waals surface area contributed by atoms with Gasteiger partial charge in [-0.3, -0.25) is 20.2 Å². The Bertz CT molecular complexity index is 353. The number of aliphatic hydroxyl groups is 1. The van der Waals surface area contributed by atoms with Crippen LogP contribution in [-0.2, 0) is 9.59 Å². The number of carbonyl (C=O) groups excluding carboxylic acids is 3. The van der Waals surface area contributed by atoms with Crippen molar-refractivity contribution in [2.24, 2.45) is 11.3 Å². The molecule has 6 nitrogen and oxygen atoms in total. The van der Waals surface area contributed by atoms with Crippen molar-refractivity contribution in [2.75, 3.05) is 0 Å². The average molecular weight is 226 g/mol. The number of aliphatic hydroxyl groups excluding tert-OH is 1. The molecule has 0 saturated carbocycles. The first-order valence-corrected chi connectivity index (χ1v) is 4.84. The molecule has 1 aliphatic rings. The summed E-state index contributed by atoms with van der Waals surface area (Å²) in [6.45, 7) is 6.60. The number of urea groups is 1. The van der Waals surface area contributed by atoms with Gasteiger partial charge >= 0.3 is 6.03 Å². The molecule has 3 N–H and O–H groups in total. The molecular formula is C10H14N2O4. The average Bonchev–Trinajstić information content (AvgIpc) is 2.10. The van der Waals surface area contributed by atoms with Crippen LogP contribution in [0.25, 0.3) is 0 Å². The van der Waals surface area contributed by atoms with Crippen molar-refractivity contribution in [1.29, 1.82) is 0 Å². The van der Waals surface area contributed by atoms with Gasteiger partial charge in [0.15, 0.2) is 0 Å². The molecule has 88 valence electrons. The highest BCUT2D eigenvalue weighted by molar-refractivity contribution is 6.19. The number of rotatable bonds is 3. The summed E-state index contributed by atoms with van der Waals surface area (Å²) in [5, 5.41) is 13.2. The molecule has 0 aromatic carbocycles. The highest BCUT2D eigenvalue weighted by atomic mass is 16.3. The molecule has 1 fully saturated rings. The predicted molar refractivity (Wildman–Crippen MR) is 55.3 cm³/mol. The van der Waals surface area contributed by atoms with Gasteiger partial charge in [-0.2, -0.15) is 0 Å². The fourth-order valence-corrected chi connectivity index (χ4v) is 1.77. The fourth-order valence-electron chi connectivity index (χ4n) is 1.77. The van der Waals surface area contributed by atoms with Gasteiger partial charge in [0.05, 0.1) is 5.76 Å². The highest BCUT2D eigenvalue weighted by Gasteiger charge is 2.52. The van der Waals surface area contributed by atoms with Gasteiger partial charge in [-0.25, -0.2) is 4.79 Å². The maximum Gasteiger partial charge on any atom is 0.328 e. The third-order valence-electron chi connectivity index (χ3n) is 2.73. The van der Waals surface area contributed by atoms with E-state index in [9.17, 15) is 19.5 Å². The third kappa shape index (κ3) is 1.78. The molecule has 0 spiro atoms. The summed E-state index contributed by atoms with van der Waals surface area (Å²) in [4.78, 5) is 34.5. The normalized spacial score (nSPS) is 19.3. The van der Waals surface area contributed by atoms with Crippen molar-refractivity contribution in [3.8, 4) is 0 Å². The van der Waals surface area contributed by atoms with Crippen molar-refractivity contribution < 1.29 is 19.5 Å². The second-order valence-electron chi connectivity index (χ2n) is 4.11. The molecule has 1 aliphatic heterocycles. The van der Waals surface area contributed by atoms with Crippen LogP contribution in [0.15, 0.2) is 12.3 Å². The van der Waals surface area contributed by atoms with Gasteiger partial charge < -0.3 is 5.11 Å². The molecule has 6 heteroatoms. The van der Waals surface area contributed by atoms with Crippen molar-refractivity contribution in [3.63, 3.8) is 0 Å². The Balaban J connectivity index is 3.17. The number of hydrogen-bond acceptors (Lipinski definition) is 4. The summed E-state index contributed by atoms with van der Waals surface area (Å²) in [6, 6.07) is -0.838. The maximum absolute atomic E-state index is 11.8. The maximum atomic E-state index is 11.8. The monoisotopic (exact) mass is 226 g/mol. The lowest BCUT2D eigenvalue weighted by atomic mass is 9.71. The number of carbonyl (C=O) groups is 3. The summed E-state index contributed by atoms with van der Waals surface area (Å²) in [7, 11) is 0. The van der Waals surface area contributed by atoms with Gasteiger partial charge in [0.1, 0.15) is 5.41 Å². The molecule has 0 bridgehead atoms. The number of allylic oxidation sites excluding steroid dienone is 1. The molecule has 1 saturated heterocycles. The molecule has 4 amide bonds. The number of nitrogens with one attached hydrogen (secondary N) is 2. The van der Waals surface area contributed by atoms with Crippen LogP contribution in [0.3, 0.4) is 0 Å². The van der Waals surface area contributed by atoms with Crippen LogP contribution in [0.5, 0.6) is 0 Å². The molecule has 16 heavy (non-hydrogen) atoms. The van der Waals surface area contributed by atoms with Gasteiger partial charge in [-0.05, 0) is 5.92 Å². The Morgan fingerprint density at radius 2 is 1.75 bits per heavy atom. The zero-order chi connectivity index (χ0) is 12.5. The zero-order valence-electron chi connectivity index (χ0n) is 9.16. The van der Waals surface area contributed by atoms with E-state index < -0.39 is 23.3 Å². The summed E-state index contributed by atoms with van der Waals surface area (Å²) in [6.07, 6.45) is -0.199. The molecule has 0 radical (unpaired) electrons. The van der Waals surface area contributed by atoms with Crippen molar-refractivity contribution in [2.45, 2.75) is 20.3 Å². The number of barbiturate groups is 1. The molecule has 0 aromatic heterocycles. The van der Waals surface area contributed by atoms with Gasteiger partial charge in [0.2, 0.25) is 11.8 Å². The topological polar surface area (TPSA) is 95.5 Å². The zero-order valence-corrected chi connectivity index (χ0v) is 9.16. The van der Waals surface area contributed by atoms with Crippen LogP contribution in [0.2, 0.25) is 0 Å². The number of imide groups is 2. The lowest BCUT2D eigenvalue weighted by Gasteiger charge is -2.36. The predicted octanol–water partition coefficient (Wildman–Crippen LogP) is 0.457. The quantitative estimate of drug-likeness (QED) is 0.481. The fraction of sp³-hybridized carbons (Fsp3) is 0.500. The minimum absolute atomic E-state index is 0.199. The lowest BCUT2D eigenvalue weighted by molar-refractivity contribution is -0.148. The molecule has 1 rings (SSSR count). The van der Waals surface area contributed by atoms with E-state index in [2.05, 4.69) is 6.58 Å². The van der Waals surface area contributed by atoms with Crippen molar-refractivity contribution in [3.05, 3.63) is 12.3 Å². The summed E-state index contributed by atoms with van der Waals surface area (Å²) in [5.41, 5.74) is -1.47. The first kappa shape index (κ1) is 12.2. The molecule has 0 atom stereocenters. The Kier molecular flexibility index (Phi) is 3.02. The van der Waals surface area contributed by atoms with E-state index in [0.717, 1.165) is 0 Å². The molecule has 0 aromatic rings. The minimum atomic E-state index is -1.47. The van der Waals surface area contributed by atoms with E-state index in [1.165, 1.54) is 0 Å². The van der Waals surface area contributed by atoms with Gasteiger partial charge in [0.25, 0.3) is 0 Å². The van der Waals surface area contributed by atoms with Crippen LogP contribution in [0.1, 0.15) is 20.3 Å². The minimum Gasteiger partial charge on any atom is -0.513 e.